The number of methoxy groups -OCH3 is 2. The molecule has 37 heavy (non-hydrogen) atoms. The number of hydrogen-bond acceptors (Lipinski definition) is 6. The fraction of sp³-hybridized carbons (Fsp3) is 0.233. The zero-order valence-corrected chi connectivity index (χ0v) is 21.5. The van der Waals surface area contributed by atoms with Gasteiger partial charge in [-0.3, -0.25) is 5.43 Å². The summed E-state index contributed by atoms with van der Waals surface area (Å²) in [5, 5.41) is 5.51. The first-order valence-electron chi connectivity index (χ1n) is 12.4. The fourth-order valence-corrected chi connectivity index (χ4v) is 3.77. The van der Waals surface area contributed by atoms with E-state index in [1.165, 1.54) is 0 Å². The summed E-state index contributed by atoms with van der Waals surface area (Å²) in [7, 11) is 3.26. The number of nitrogens with zero attached hydrogens (tertiary/aromatic N) is 3. The van der Waals surface area contributed by atoms with Crippen LogP contribution in [-0.2, 0) is 0 Å². The molecule has 4 aromatic rings. The summed E-state index contributed by atoms with van der Waals surface area (Å²) in [5.74, 6) is 2.54. The molecule has 0 saturated carbocycles. The number of para-hydroxylation sites is 3. The number of nitrogens with one attached hydrogen (secondary N) is 1. The smallest absolute Gasteiger partial charge is 0.173 e. The molecule has 0 aliphatic rings. The average molecular weight is 497 g/mol. The van der Waals surface area contributed by atoms with E-state index >= 15 is 0 Å². The molecule has 0 unspecified atom stereocenters. The van der Waals surface area contributed by atoms with E-state index in [0.29, 0.717) is 35.3 Å². The van der Waals surface area contributed by atoms with Gasteiger partial charge in [0.05, 0.1) is 32.6 Å². The van der Waals surface area contributed by atoms with Gasteiger partial charge in [0.15, 0.2) is 17.3 Å². The summed E-state index contributed by atoms with van der Waals surface area (Å²) in [6.07, 6.45) is 5.02. The van der Waals surface area contributed by atoms with Crippen LogP contribution in [0, 0.1) is 0 Å². The van der Waals surface area contributed by atoms with Gasteiger partial charge in [-0.05, 0) is 54.4 Å². The topological polar surface area (TPSA) is 77.3 Å². The van der Waals surface area contributed by atoms with Gasteiger partial charge in [-0.25, -0.2) is 9.98 Å². The van der Waals surface area contributed by atoms with Crippen LogP contribution in [0.1, 0.15) is 37.4 Å². The van der Waals surface area contributed by atoms with Crippen LogP contribution in [-0.4, -0.2) is 37.9 Å². The Hall–Kier alpha value is -4.39. The molecule has 0 fully saturated rings. The molecule has 1 N–H and O–H groups in total. The van der Waals surface area contributed by atoms with Gasteiger partial charge in [0.2, 0.25) is 0 Å². The Kier molecular flexibility index (Phi) is 9.07. The molecule has 1 aromatic heterocycles. The summed E-state index contributed by atoms with van der Waals surface area (Å²) < 4.78 is 16.9. The number of aromatic nitrogens is 1. The van der Waals surface area contributed by atoms with Gasteiger partial charge in [0, 0.05) is 5.39 Å². The molecule has 0 radical (unpaired) electrons. The maximum absolute atomic E-state index is 5.88. The van der Waals surface area contributed by atoms with E-state index in [1.807, 2.05) is 78.9 Å². The van der Waals surface area contributed by atoms with Gasteiger partial charge >= 0.3 is 0 Å². The quantitative estimate of drug-likeness (QED) is 0.111. The van der Waals surface area contributed by atoms with Gasteiger partial charge in [0.1, 0.15) is 17.1 Å². The van der Waals surface area contributed by atoms with Crippen LogP contribution in [0.5, 0.6) is 17.2 Å². The number of ether oxygens (including phenoxy) is 3. The zero-order valence-electron chi connectivity index (χ0n) is 21.5. The molecular weight excluding hydrogens is 464 g/mol. The average Bonchev–Trinajstić information content (AvgIpc) is 2.95. The minimum absolute atomic E-state index is 0.495. The molecule has 0 saturated heterocycles. The number of hydrazone groups is 1. The maximum Gasteiger partial charge on any atom is 0.173 e. The Labute approximate surface area is 217 Å². The fourth-order valence-electron chi connectivity index (χ4n) is 3.77. The van der Waals surface area contributed by atoms with E-state index in [9.17, 15) is 0 Å². The molecular formula is C30H32N4O3. The molecule has 0 amide bonds. The van der Waals surface area contributed by atoms with E-state index in [2.05, 4.69) is 17.5 Å². The monoisotopic (exact) mass is 496 g/mol. The third kappa shape index (κ3) is 6.85. The Morgan fingerprint density at radius 3 is 2.51 bits per heavy atom. The molecule has 7 nitrogen and oxygen atoms in total. The number of rotatable bonds is 11. The lowest BCUT2D eigenvalue weighted by molar-refractivity contribution is 0.286. The highest BCUT2D eigenvalue weighted by Crippen LogP contribution is 2.28. The molecule has 4 rings (SSSR count). The first-order chi connectivity index (χ1) is 18.2. The zero-order chi connectivity index (χ0) is 25.9. The second-order valence-corrected chi connectivity index (χ2v) is 8.36. The second kappa shape index (κ2) is 13.1. The number of benzene rings is 3. The Morgan fingerprint density at radius 1 is 0.865 bits per heavy atom. The number of fused-ring (bicyclic) bond motifs is 1. The normalized spacial score (nSPS) is 11.6. The summed E-state index contributed by atoms with van der Waals surface area (Å²) in [6, 6.07) is 25.2. The van der Waals surface area contributed by atoms with Crippen molar-refractivity contribution in [3.8, 4) is 17.2 Å². The Morgan fingerprint density at radius 2 is 1.68 bits per heavy atom. The minimum Gasteiger partial charge on any atom is -0.494 e. The highest BCUT2D eigenvalue weighted by Gasteiger charge is 2.10. The standard InChI is InChI=1S/C30H32N4O3/c1-4-5-10-19-37-28-18-15-22(20-29(28)36-3)21-31-34-30(33-25-13-8-9-14-27(25)35-2)26-17-16-23-11-6-7-12-24(23)32-26/h6-9,11-18,20-21H,4-5,10,19H2,1-3H3,(H,33,34). The van der Waals surface area contributed by atoms with E-state index in [1.54, 1.807) is 20.4 Å². The molecule has 1 heterocycles. The van der Waals surface area contributed by atoms with Crippen molar-refractivity contribution in [2.75, 3.05) is 20.8 Å². The van der Waals surface area contributed by atoms with E-state index < -0.39 is 0 Å². The highest BCUT2D eigenvalue weighted by molar-refractivity contribution is 6.01. The predicted molar refractivity (Wildman–Crippen MR) is 150 cm³/mol. The van der Waals surface area contributed by atoms with Crippen LogP contribution in [0.25, 0.3) is 10.9 Å². The molecule has 0 atom stereocenters. The molecule has 0 aliphatic heterocycles. The SMILES string of the molecule is CCCCCOc1ccc(C=NNC(=Nc2ccccc2OC)c2ccc3ccccc3n2)cc1OC. The molecule has 190 valence electrons. The van der Waals surface area contributed by atoms with Crippen molar-refractivity contribution in [2.45, 2.75) is 26.2 Å². The van der Waals surface area contributed by atoms with Crippen molar-refractivity contribution in [1.82, 2.24) is 10.4 Å². The van der Waals surface area contributed by atoms with Crippen LogP contribution < -0.4 is 19.6 Å². The van der Waals surface area contributed by atoms with Crippen molar-refractivity contribution in [1.29, 1.82) is 0 Å². The van der Waals surface area contributed by atoms with Gasteiger partial charge in [0.25, 0.3) is 0 Å². The molecule has 7 heteroatoms. The predicted octanol–water partition coefficient (Wildman–Crippen LogP) is 6.52. The van der Waals surface area contributed by atoms with Crippen molar-refractivity contribution >= 4 is 28.6 Å². The van der Waals surface area contributed by atoms with Gasteiger partial charge < -0.3 is 14.2 Å². The Balaban J connectivity index is 1.59. The summed E-state index contributed by atoms with van der Waals surface area (Å²) in [5.41, 5.74) is 6.14. The van der Waals surface area contributed by atoms with Crippen LogP contribution in [0.3, 0.4) is 0 Å². The molecule has 0 bridgehead atoms. The molecule has 0 aliphatic carbocycles. The van der Waals surface area contributed by atoms with Gasteiger partial charge in [-0.1, -0.05) is 56.2 Å². The maximum atomic E-state index is 5.88. The number of aliphatic imine (C=N–C) groups is 1. The highest BCUT2D eigenvalue weighted by atomic mass is 16.5. The lowest BCUT2D eigenvalue weighted by Gasteiger charge is -2.11. The summed E-state index contributed by atoms with van der Waals surface area (Å²) in [6.45, 7) is 2.84. The van der Waals surface area contributed by atoms with Crippen molar-refractivity contribution in [2.24, 2.45) is 10.1 Å². The summed E-state index contributed by atoms with van der Waals surface area (Å²) in [4.78, 5) is 9.58. The third-order valence-electron chi connectivity index (χ3n) is 5.74. The van der Waals surface area contributed by atoms with Crippen LogP contribution in [0.2, 0.25) is 0 Å². The van der Waals surface area contributed by atoms with Crippen molar-refractivity contribution in [3.63, 3.8) is 0 Å². The summed E-state index contributed by atoms with van der Waals surface area (Å²) >= 11 is 0. The molecule has 0 spiro atoms. The van der Waals surface area contributed by atoms with Crippen molar-refractivity contribution in [3.05, 3.63) is 90.1 Å². The van der Waals surface area contributed by atoms with E-state index in [0.717, 1.165) is 41.5 Å². The number of unbranched alkanes of at least 4 members (excludes halogenated alkanes) is 2. The van der Waals surface area contributed by atoms with Gasteiger partial charge in [-0.2, -0.15) is 5.10 Å². The lowest BCUT2D eigenvalue weighted by Crippen LogP contribution is -2.20. The van der Waals surface area contributed by atoms with Crippen LogP contribution >= 0.6 is 0 Å². The molecule has 3 aromatic carbocycles. The second-order valence-electron chi connectivity index (χ2n) is 8.36. The minimum atomic E-state index is 0.495. The van der Waals surface area contributed by atoms with E-state index in [4.69, 9.17) is 24.2 Å². The number of pyridine rings is 1. The van der Waals surface area contributed by atoms with Gasteiger partial charge in [-0.15, -0.1) is 0 Å². The largest absolute Gasteiger partial charge is 0.494 e. The lowest BCUT2D eigenvalue weighted by atomic mass is 10.2. The first kappa shape index (κ1) is 25.7. The number of amidine groups is 1. The number of hydrogen-bond donors (Lipinski definition) is 1. The Bertz CT molecular complexity index is 1380. The van der Waals surface area contributed by atoms with Crippen LogP contribution in [0.15, 0.2) is 89.0 Å². The third-order valence-corrected chi connectivity index (χ3v) is 5.74. The first-order valence-corrected chi connectivity index (χ1v) is 12.4. The van der Waals surface area contributed by atoms with Crippen LogP contribution in [0.4, 0.5) is 5.69 Å². The van der Waals surface area contributed by atoms with E-state index in [-0.39, 0.29) is 0 Å². The van der Waals surface area contributed by atoms with Crippen molar-refractivity contribution < 1.29 is 14.2 Å².